The summed E-state index contributed by atoms with van der Waals surface area (Å²) < 4.78 is 0. The molecule has 1 aromatic heterocycles. The van der Waals surface area contributed by atoms with Gasteiger partial charge in [-0.15, -0.1) is 0 Å². The van der Waals surface area contributed by atoms with Gasteiger partial charge in [-0.3, -0.25) is 0 Å². The van der Waals surface area contributed by atoms with Gasteiger partial charge in [0.1, 0.15) is 0 Å². The number of piperidine rings is 1. The molecule has 2 aliphatic rings. The van der Waals surface area contributed by atoms with Crippen molar-refractivity contribution in [2.24, 2.45) is 17.6 Å². The van der Waals surface area contributed by atoms with Crippen LogP contribution in [0.1, 0.15) is 25.7 Å². The molecule has 2 heterocycles. The van der Waals surface area contributed by atoms with Crippen LogP contribution in [0.2, 0.25) is 0 Å². The molecule has 2 fully saturated rings. The normalized spacial score (nSPS) is 30.7. The summed E-state index contributed by atoms with van der Waals surface area (Å²) in [5.41, 5.74) is 5.92. The van der Waals surface area contributed by atoms with E-state index in [9.17, 15) is 0 Å². The first kappa shape index (κ1) is 10.1. The van der Waals surface area contributed by atoms with Crippen LogP contribution < -0.4 is 10.6 Å². The number of nitrogens with two attached hydrogens (primary N) is 1. The molecular weight excluding hydrogens is 200 g/mol. The summed E-state index contributed by atoms with van der Waals surface area (Å²) in [6.45, 7) is 1.95. The van der Waals surface area contributed by atoms with Crippen molar-refractivity contribution in [3.8, 4) is 0 Å². The molecule has 2 atom stereocenters. The summed E-state index contributed by atoms with van der Waals surface area (Å²) in [4.78, 5) is 10.1. The highest BCUT2D eigenvalue weighted by Crippen LogP contribution is 2.42. The van der Waals surface area contributed by atoms with E-state index in [2.05, 4.69) is 14.9 Å². The molecule has 0 aromatic carbocycles. The van der Waals surface area contributed by atoms with Crippen LogP contribution >= 0.6 is 0 Å². The van der Waals surface area contributed by atoms with E-state index in [1.807, 2.05) is 12.4 Å². The lowest BCUT2D eigenvalue weighted by molar-refractivity contribution is 0.299. The van der Waals surface area contributed by atoms with Gasteiger partial charge in [-0.05, 0) is 44.1 Å². The Balaban J connectivity index is 1.84. The maximum Gasteiger partial charge on any atom is 0.203 e. The summed E-state index contributed by atoms with van der Waals surface area (Å²) in [5.74, 6) is 2.56. The van der Waals surface area contributed by atoms with E-state index >= 15 is 0 Å². The van der Waals surface area contributed by atoms with Crippen molar-refractivity contribution in [2.75, 3.05) is 18.0 Å². The summed E-state index contributed by atoms with van der Waals surface area (Å²) >= 11 is 0. The molecule has 1 aliphatic heterocycles. The lowest BCUT2D eigenvalue weighted by Crippen LogP contribution is -2.49. The highest BCUT2D eigenvalue weighted by atomic mass is 15.3. The van der Waals surface area contributed by atoms with E-state index in [0.29, 0.717) is 12.0 Å². The standard InChI is InChI=1S/C12H20N4/c13-8-10-2-1-7-16(11(10)9-3-4-9)12-14-5-6-15-12/h5-6,9-11H,1-4,7-8,13H2,(H,14,15)/t10-,11-/m1/s1. The molecule has 0 spiro atoms. The van der Waals surface area contributed by atoms with Gasteiger partial charge in [-0.25, -0.2) is 4.98 Å². The number of aromatic amines is 1. The van der Waals surface area contributed by atoms with Crippen LogP contribution in [0.5, 0.6) is 0 Å². The third-order valence-corrected chi connectivity index (χ3v) is 3.98. The van der Waals surface area contributed by atoms with Gasteiger partial charge in [0.05, 0.1) is 0 Å². The molecular formula is C12H20N4. The number of nitrogens with one attached hydrogen (secondary N) is 1. The lowest BCUT2D eigenvalue weighted by Gasteiger charge is -2.41. The number of nitrogens with zero attached hydrogens (tertiary/aromatic N) is 2. The summed E-state index contributed by atoms with van der Waals surface area (Å²) in [6, 6.07) is 0.630. The number of aromatic nitrogens is 2. The van der Waals surface area contributed by atoms with E-state index in [1.165, 1.54) is 25.7 Å². The van der Waals surface area contributed by atoms with Crippen LogP contribution in [0, 0.1) is 11.8 Å². The van der Waals surface area contributed by atoms with Crippen molar-refractivity contribution in [3.05, 3.63) is 12.4 Å². The molecule has 0 radical (unpaired) electrons. The SMILES string of the molecule is NC[C@H]1CCCN(c2ncc[nH]2)[C@@H]1C1CC1. The van der Waals surface area contributed by atoms with Gasteiger partial charge in [-0.2, -0.15) is 0 Å². The summed E-state index contributed by atoms with van der Waals surface area (Å²) in [6.07, 6.45) is 9.02. The minimum absolute atomic E-state index is 0.630. The first-order chi connectivity index (χ1) is 7.90. The molecule has 0 amide bonds. The van der Waals surface area contributed by atoms with Gasteiger partial charge in [0.15, 0.2) is 0 Å². The van der Waals surface area contributed by atoms with Crippen LogP contribution in [0.25, 0.3) is 0 Å². The Hall–Kier alpha value is -1.03. The Morgan fingerprint density at radius 3 is 2.94 bits per heavy atom. The number of rotatable bonds is 3. The second-order valence-electron chi connectivity index (χ2n) is 5.07. The Labute approximate surface area is 96.2 Å². The number of anilines is 1. The van der Waals surface area contributed by atoms with Crippen molar-refractivity contribution < 1.29 is 0 Å². The first-order valence-electron chi connectivity index (χ1n) is 6.36. The fourth-order valence-corrected chi connectivity index (χ4v) is 3.09. The molecule has 1 saturated heterocycles. The van der Waals surface area contributed by atoms with Crippen LogP contribution in [0.3, 0.4) is 0 Å². The quantitative estimate of drug-likeness (QED) is 0.808. The highest BCUT2D eigenvalue weighted by Gasteiger charge is 2.42. The highest BCUT2D eigenvalue weighted by molar-refractivity contribution is 5.33. The molecule has 1 saturated carbocycles. The molecule has 16 heavy (non-hydrogen) atoms. The zero-order valence-electron chi connectivity index (χ0n) is 9.60. The van der Waals surface area contributed by atoms with Crippen molar-refractivity contribution in [1.82, 2.24) is 9.97 Å². The molecule has 88 valence electrons. The monoisotopic (exact) mass is 220 g/mol. The molecule has 1 aromatic rings. The van der Waals surface area contributed by atoms with Crippen molar-refractivity contribution in [3.63, 3.8) is 0 Å². The fourth-order valence-electron chi connectivity index (χ4n) is 3.09. The van der Waals surface area contributed by atoms with Gasteiger partial charge in [0.25, 0.3) is 0 Å². The van der Waals surface area contributed by atoms with Crippen LogP contribution in [-0.2, 0) is 0 Å². The second kappa shape index (κ2) is 4.09. The van der Waals surface area contributed by atoms with Gasteiger partial charge < -0.3 is 15.6 Å². The Morgan fingerprint density at radius 1 is 1.44 bits per heavy atom. The number of hydrogen-bond donors (Lipinski definition) is 2. The Kier molecular flexibility index (Phi) is 2.59. The predicted octanol–water partition coefficient (Wildman–Crippen LogP) is 1.36. The van der Waals surface area contributed by atoms with Crippen LogP contribution in [0.4, 0.5) is 5.95 Å². The van der Waals surface area contributed by atoms with Crippen LogP contribution in [0.15, 0.2) is 12.4 Å². The second-order valence-corrected chi connectivity index (χ2v) is 5.07. The third kappa shape index (κ3) is 1.71. The van der Waals surface area contributed by atoms with E-state index in [1.54, 1.807) is 0 Å². The average molecular weight is 220 g/mol. The molecule has 3 rings (SSSR count). The maximum absolute atomic E-state index is 5.92. The number of hydrogen-bond acceptors (Lipinski definition) is 3. The zero-order valence-corrected chi connectivity index (χ0v) is 9.60. The summed E-state index contributed by atoms with van der Waals surface area (Å²) in [5, 5.41) is 0. The summed E-state index contributed by atoms with van der Waals surface area (Å²) in [7, 11) is 0. The third-order valence-electron chi connectivity index (χ3n) is 3.98. The van der Waals surface area contributed by atoms with Crippen molar-refractivity contribution in [2.45, 2.75) is 31.7 Å². The zero-order chi connectivity index (χ0) is 11.0. The van der Waals surface area contributed by atoms with Gasteiger partial charge in [0.2, 0.25) is 5.95 Å². The molecule has 1 aliphatic carbocycles. The minimum atomic E-state index is 0.630. The van der Waals surface area contributed by atoms with Gasteiger partial charge in [-0.1, -0.05) is 0 Å². The maximum atomic E-state index is 5.92. The number of H-pyrrole nitrogens is 1. The van der Waals surface area contributed by atoms with E-state index in [4.69, 9.17) is 5.73 Å². The van der Waals surface area contributed by atoms with E-state index in [0.717, 1.165) is 25.0 Å². The topological polar surface area (TPSA) is 57.9 Å². The van der Waals surface area contributed by atoms with Crippen molar-refractivity contribution in [1.29, 1.82) is 0 Å². The van der Waals surface area contributed by atoms with E-state index < -0.39 is 0 Å². The number of imidazole rings is 1. The molecule has 3 N–H and O–H groups in total. The largest absolute Gasteiger partial charge is 0.339 e. The Bertz CT molecular complexity index is 331. The molecule has 4 nitrogen and oxygen atoms in total. The Morgan fingerprint density at radius 2 is 2.31 bits per heavy atom. The fraction of sp³-hybridized carbons (Fsp3) is 0.750. The average Bonchev–Trinajstić information content (AvgIpc) is 3.02. The molecule has 4 heteroatoms. The molecule has 0 unspecified atom stereocenters. The smallest absolute Gasteiger partial charge is 0.203 e. The lowest BCUT2D eigenvalue weighted by atomic mass is 9.86. The van der Waals surface area contributed by atoms with E-state index in [-0.39, 0.29) is 0 Å². The predicted molar refractivity (Wildman–Crippen MR) is 64.2 cm³/mol. The minimum Gasteiger partial charge on any atom is -0.339 e. The molecule has 0 bridgehead atoms. The van der Waals surface area contributed by atoms with Gasteiger partial charge >= 0.3 is 0 Å². The van der Waals surface area contributed by atoms with Crippen molar-refractivity contribution >= 4 is 5.95 Å². The first-order valence-corrected chi connectivity index (χ1v) is 6.36. The van der Waals surface area contributed by atoms with Crippen LogP contribution in [-0.4, -0.2) is 29.1 Å². The van der Waals surface area contributed by atoms with Gasteiger partial charge in [0, 0.05) is 25.0 Å².